The van der Waals surface area contributed by atoms with Crippen molar-refractivity contribution in [3.8, 4) is 11.5 Å². The first-order valence-electron chi connectivity index (χ1n) is 13.1. The van der Waals surface area contributed by atoms with Crippen LogP contribution >= 0.6 is 11.3 Å². The molecule has 0 bridgehead atoms. The summed E-state index contributed by atoms with van der Waals surface area (Å²) in [6, 6.07) is 19.1. The summed E-state index contributed by atoms with van der Waals surface area (Å²) in [7, 11) is 0. The molecule has 3 aromatic carbocycles. The van der Waals surface area contributed by atoms with Crippen LogP contribution in [0.4, 0.5) is 5.13 Å². The normalized spacial score (nSPS) is 16.7. The molecule has 1 atom stereocenters. The van der Waals surface area contributed by atoms with Gasteiger partial charge in [0.05, 0.1) is 35.0 Å². The number of aliphatic hydroxyl groups excluding tert-OH is 1. The summed E-state index contributed by atoms with van der Waals surface area (Å²) in [5, 5.41) is 11.8. The van der Waals surface area contributed by atoms with Crippen LogP contribution in [-0.2, 0) is 9.59 Å². The monoisotopic (exact) mass is 542 g/mol. The van der Waals surface area contributed by atoms with Crippen LogP contribution < -0.4 is 14.4 Å². The molecule has 200 valence electrons. The number of hydrogen-bond donors (Lipinski definition) is 1. The number of amides is 1. The molecule has 0 radical (unpaired) electrons. The van der Waals surface area contributed by atoms with Gasteiger partial charge in [0, 0.05) is 5.56 Å². The average molecular weight is 543 g/mol. The summed E-state index contributed by atoms with van der Waals surface area (Å²) >= 11 is 1.34. The number of aryl methyl sites for hydroxylation is 1. The number of aromatic nitrogens is 1. The van der Waals surface area contributed by atoms with Gasteiger partial charge in [-0.25, -0.2) is 4.98 Å². The topological polar surface area (TPSA) is 89.0 Å². The first-order chi connectivity index (χ1) is 18.9. The van der Waals surface area contributed by atoms with Crippen molar-refractivity contribution in [3.63, 3.8) is 0 Å². The minimum Gasteiger partial charge on any atom is -0.507 e. The largest absolute Gasteiger partial charge is 0.507 e. The minimum atomic E-state index is -0.858. The van der Waals surface area contributed by atoms with E-state index in [0.29, 0.717) is 41.0 Å². The maximum atomic E-state index is 13.5. The maximum Gasteiger partial charge on any atom is 0.301 e. The van der Waals surface area contributed by atoms with Crippen molar-refractivity contribution in [2.45, 2.75) is 39.7 Å². The van der Waals surface area contributed by atoms with Crippen LogP contribution in [0.15, 0.2) is 72.3 Å². The quantitative estimate of drug-likeness (QED) is 0.108. The van der Waals surface area contributed by atoms with E-state index in [1.807, 2.05) is 56.3 Å². The number of rotatable bonds is 9. The lowest BCUT2D eigenvalue weighted by Crippen LogP contribution is -2.29. The summed E-state index contributed by atoms with van der Waals surface area (Å²) in [5.41, 5.74) is 2.91. The number of benzene rings is 3. The van der Waals surface area contributed by atoms with Crippen molar-refractivity contribution < 1.29 is 24.2 Å². The highest BCUT2D eigenvalue weighted by atomic mass is 32.1. The molecule has 4 aromatic rings. The van der Waals surface area contributed by atoms with Crippen molar-refractivity contribution in [3.05, 3.63) is 89.0 Å². The molecule has 0 aliphatic carbocycles. The van der Waals surface area contributed by atoms with Crippen LogP contribution in [0.1, 0.15) is 49.4 Å². The molecule has 5 rings (SSSR count). The summed E-state index contributed by atoms with van der Waals surface area (Å²) in [6.45, 7) is 7.10. The highest BCUT2D eigenvalue weighted by molar-refractivity contribution is 7.22. The first-order valence-corrected chi connectivity index (χ1v) is 13.9. The summed E-state index contributed by atoms with van der Waals surface area (Å²) in [6.07, 6.45) is 1.97. The number of anilines is 1. The molecule has 0 saturated carbocycles. The van der Waals surface area contributed by atoms with Crippen molar-refractivity contribution >= 4 is 44.1 Å². The molecule has 1 amide bonds. The van der Waals surface area contributed by atoms with Gasteiger partial charge in [-0.05, 0) is 79.9 Å². The maximum absolute atomic E-state index is 13.5. The van der Waals surface area contributed by atoms with Crippen LogP contribution in [0.2, 0.25) is 0 Å². The zero-order valence-corrected chi connectivity index (χ0v) is 23.0. The van der Waals surface area contributed by atoms with Gasteiger partial charge in [0.25, 0.3) is 5.78 Å². The SMILES string of the molecule is CCCCOc1ccc(C2C(=C(O)c3ccc(OCC)cc3)C(=O)C(=O)N2c2nc3ccc(C)cc3s2)cc1. The second kappa shape index (κ2) is 11.3. The number of carbonyl (C=O) groups is 2. The molecule has 2 heterocycles. The Balaban J connectivity index is 1.61. The van der Waals surface area contributed by atoms with Crippen molar-refractivity contribution in [1.82, 2.24) is 4.98 Å². The number of aliphatic hydroxyl groups is 1. The molecule has 8 heteroatoms. The Morgan fingerprint density at radius 3 is 2.36 bits per heavy atom. The van der Waals surface area contributed by atoms with E-state index in [1.165, 1.54) is 16.2 Å². The van der Waals surface area contributed by atoms with E-state index in [4.69, 9.17) is 9.47 Å². The summed E-state index contributed by atoms with van der Waals surface area (Å²) in [5.74, 6) is -0.388. The number of ketones is 1. The summed E-state index contributed by atoms with van der Waals surface area (Å²) in [4.78, 5) is 33.1. The number of nitrogens with zero attached hydrogens (tertiary/aromatic N) is 2. The van der Waals surface area contributed by atoms with E-state index in [2.05, 4.69) is 11.9 Å². The predicted molar refractivity (Wildman–Crippen MR) is 154 cm³/mol. The average Bonchev–Trinajstić information content (AvgIpc) is 3.47. The van der Waals surface area contributed by atoms with Gasteiger partial charge in [-0.15, -0.1) is 0 Å². The Kier molecular flexibility index (Phi) is 7.65. The van der Waals surface area contributed by atoms with Crippen LogP contribution in [0.3, 0.4) is 0 Å². The number of carbonyl (C=O) groups excluding carboxylic acids is 2. The highest BCUT2D eigenvalue weighted by Crippen LogP contribution is 2.44. The van der Waals surface area contributed by atoms with Gasteiger partial charge in [0.15, 0.2) is 5.13 Å². The van der Waals surface area contributed by atoms with Gasteiger partial charge >= 0.3 is 5.91 Å². The van der Waals surface area contributed by atoms with Gasteiger partial charge in [0.2, 0.25) is 0 Å². The second-order valence-corrected chi connectivity index (χ2v) is 10.4. The molecular weight excluding hydrogens is 512 g/mol. The standard InChI is InChI=1S/C31H30N2O5S/c1-4-6-17-38-23-12-8-20(9-13-23)27-26(28(34)21-10-14-22(15-11-21)37-5-2)29(35)30(36)33(27)31-32-24-16-7-19(3)18-25(24)39-31/h7-16,18,27,34H,4-6,17H2,1-3H3. The van der Waals surface area contributed by atoms with E-state index in [9.17, 15) is 14.7 Å². The third-order valence-electron chi connectivity index (χ3n) is 6.58. The molecule has 39 heavy (non-hydrogen) atoms. The lowest BCUT2D eigenvalue weighted by Gasteiger charge is -2.23. The highest BCUT2D eigenvalue weighted by Gasteiger charge is 2.48. The number of thiazole rings is 1. The van der Waals surface area contributed by atoms with Gasteiger partial charge in [0.1, 0.15) is 17.3 Å². The molecule has 0 spiro atoms. The van der Waals surface area contributed by atoms with Crippen LogP contribution in [0.25, 0.3) is 16.0 Å². The van der Waals surface area contributed by atoms with Gasteiger partial charge in [-0.1, -0.05) is 42.9 Å². The Morgan fingerprint density at radius 2 is 1.67 bits per heavy atom. The zero-order chi connectivity index (χ0) is 27.5. The molecule has 7 nitrogen and oxygen atoms in total. The van der Waals surface area contributed by atoms with Crippen molar-refractivity contribution in [2.75, 3.05) is 18.1 Å². The van der Waals surface area contributed by atoms with Gasteiger partial charge in [-0.3, -0.25) is 14.5 Å². The third-order valence-corrected chi connectivity index (χ3v) is 7.60. The molecular formula is C31H30N2O5S. The molecule has 1 fully saturated rings. The van der Waals surface area contributed by atoms with E-state index in [-0.39, 0.29) is 11.3 Å². The van der Waals surface area contributed by atoms with E-state index in [1.54, 1.807) is 24.3 Å². The molecule has 1 saturated heterocycles. The lowest BCUT2D eigenvalue weighted by molar-refractivity contribution is -0.132. The Labute approximate surface area is 231 Å². The number of unbranched alkanes of at least 4 members (excludes halogenated alkanes) is 1. The number of hydrogen-bond acceptors (Lipinski definition) is 7. The predicted octanol–water partition coefficient (Wildman–Crippen LogP) is 6.81. The van der Waals surface area contributed by atoms with Gasteiger partial charge < -0.3 is 14.6 Å². The fourth-order valence-corrected chi connectivity index (χ4v) is 5.67. The number of fused-ring (bicyclic) bond motifs is 1. The Bertz CT molecular complexity index is 1540. The number of ether oxygens (including phenoxy) is 2. The van der Waals surface area contributed by atoms with Crippen LogP contribution in [0.5, 0.6) is 11.5 Å². The van der Waals surface area contributed by atoms with Crippen LogP contribution in [0, 0.1) is 6.92 Å². The molecule has 1 unspecified atom stereocenters. The van der Waals surface area contributed by atoms with E-state index in [0.717, 1.165) is 28.6 Å². The Hall–Kier alpha value is -4.17. The first kappa shape index (κ1) is 26.4. The van der Waals surface area contributed by atoms with E-state index < -0.39 is 17.7 Å². The third kappa shape index (κ3) is 5.25. The fourth-order valence-electron chi connectivity index (χ4n) is 4.58. The van der Waals surface area contributed by atoms with Gasteiger partial charge in [-0.2, -0.15) is 0 Å². The fraction of sp³-hybridized carbons (Fsp3) is 0.258. The Morgan fingerprint density at radius 1 is 0.974 bits per heavy atom. The summed E-state index contributed by atoms with van der Waals surface area (Å²) < 4.78 is 12.2. The lowest BCUT2D eigenvalue weighted by atomic mass is 9.95. The minimum absolute atomic E-state index is 0.0132. The van der Waals surface area contributed by atoms with E-state index >= 15 is 0 Å². The van der Waals surface area contributed by atoms with Crippen molar-refractivity contribution in [1.29, 1.82) is 0 Å². The molecule has 1 aliphatic heterocycles. The second-order valence-electron chi connectivity index (χ2n) is 9.37. The molecule has 1 aliphatic rings. The number of Topliss-reactive ketones (excluding diaryl/α,β-unsaturated/α-hetero) is 1. The molecule has 1 N–H and O–H groups in total. The van der Waals surface area contributed by atoms with Crippen molar-refractivity contribution in [2.24, 2.45) is 0 Å². The molecule has 1 aromatic heterocycles. The van der Waals surface area contributed by atoms with Crippen LogP contribution in [-0.4, -0.2) is 35.0 Å². The smallest absolute Gasteiger partial charge is 0.301 e. The zero-order valence-electron chi connectivity index (χ0n) is 22.1.